The third-order valence-corrected chi connectivity index (χ3v) is 5.33. The zero-order chi connectivity index (χ0) is 12.5. The van der Waals surface area contributed by atoms with Crippen LogP contribution in [0.15, 0.2) is 12.4 Å². The monoisotopic (exact) mass is 254 g/mol. The van der Waals surface area contributed by atoms with Crippen LogP contribution in [0.2, 0.25) is 0 Å². The van der Waals surface area contributed by atoms with E-state index in [0.717, 1.165) is 36.6 Å². The molecule has 0 radical (unpaired) electrons. The van der Waals surface area contributed by atoms with Crippen molar-refractivity contribution in [3.05, 3.63) is 18.2 Å². The first-order valence-corrected chi connectivity index (χ1v) is 7.36. The number of hydrogen-bond acceptors (Lipinski definition) is 3. The molecule has 4 heteroatoms. The fraction of sp³-hybridized carbons (Fsp3) is 0.769. The molecule has 1 unspecified atom stereocenters. The molecule has 1 atom stereocenters. The first-order valence-electron chi connectivity index (χ1n) is 6.21. The maximum atomic E-state index is 10.8. The van der Waals surface area contributed by atoms with Crippen molar-refractivity contribution in [2.45, 2.75) is 38.7 Å². The van der Waals surface area contributed by atoms with Crippen molar-refractivity contribution < 1.29 is 5.11 Å². The quantitative estimate of drug-likeness (QED) is 0.899. The Morgan fingerprint density at radius 2 is 2.29 bits per heavy atom. The molecule has 1 aromatic heterocycles. The fourth-order valence-electron chi connectivity index (χ4n) is 2.36. The van der Waals surface area contributed by atoms with Crippen LogP contribution in [0.25, 0.3) is 0 Å². The van der Waals surface area contributed by atoms with Crippen molar-refractivity contribution in [2.24, 2.45) is 12.5 Å². The molecule has 1 aliphatic rings. The second kappa shape index (κ2) is 4.65. The number of aromatic nitrogens is 2. The van der Waals surface area contributed by atoms with Gasteiger partial charge in [0.15, 0.2) is 0 Å². The number of nitrogens with zero attached hydrogens (tertiary/aromatic N) is 2. The van der Waals surface area contributed by atoms with E-state index in [0.29, 0.717) is 0 Å². The Hall–Kier alpha value is -0.480. The molecule has 0 saturated carbocycles. The second-order valence-electron chi connectivity index (χ2n) is 5.67. The van der Waals surface area contributed by atoms with E-state index in [1.54, 1.807) is 0 Å². The van der Waals surface area contributed by atoms with E-state index in [1.807, 2.05) is 35.8 Å². The third kappa shape index (κ3) is 2.52. The predicted octanol–water partition coefficient (Wildman–Crippen LogP) is 2.25. The van der Waals surface area contributed by atoms with Crippen LogP contribution in [0.1, 0.15) is 32.5 Å². The molecule has 1 aromatic rings. The van der Waals surface area contributed by atoms with Gasteiger partial charge in [0.25, 0.3) is 0 Å². The van der Waals surface area contributed by atoms with Gasteiger partial charge in [0.2, 0.25) is 0 Å². The van der Waals surface area contributed by atoms with Crippen LogP contribution in [0.3, 0.4) is 0 Å². The molecule has 96 valence electrons. The number of aliphatic hydroxyl groups is 1. The summed E-state index contributed by atoms with van der Waals surface area (Å²) in [5, 5.41) is 10.8. The SMILES string of the molecule is Cn1ccnc1CCC1(O)CSCCC1(C)C. The molecule has 17 heavy (non-hydrogen) atoms. The molecule has 0 bridgehead atoms. The van der Waals surface area contributed by atoms with Crippen LogP contribution in [-0.4, -0.2) is 31.8 Å². The summed E-state index contributed by atoms with van der Waals surface area (Å²) in [6, 6.07) is 0. The Balaban J connectivity index is 2.04. The van der Waals surface area contributed by atoms with E-state index in [9.17, 15) is 5.11 Å². The van der Waals surface area contributed by atoms with Gasteiger partial charge in [0, 0.05) is 31.6 Å². The maximum absolute atomic E-state index is 10.8. The van der Waals surface area contributed by atoms with E-state index in [-0.39, 0.29) is 5.41 Å². The molecule has 0 aromatic carbocycles. The van der Waals surface area contributed by atoms with Crippen LogP contribution in [-0.2, 0) is 13.5 Å². The molecule has 0 spiro atoms. The normalized spacial score (nSPS) is 28.2. The highest BCUT2D eigenvalue weighted by molar-refractivity contribution is 7.99. The van der Waals surface area contributed by atoms with Gasteiger partial charge in [-0.15, -0.1) is 0 Å². The highest BCUT2D eigenvalue weighted by atomic mass is 32.2. The number of rotatable bonds is 3. The van der Waals surface area contributed by atoms with Crippen molar-refractivity contribution in [3.8, 4) is 0 Å². The summed E-state index contributed by atoms with van der Waals surface area (Å²) >= 11 is 1.87. The van der Waals surface area contributed by atoms with Crippen molar-refractivity contribution >= 4 is 11.8 Å². The molecule has 0 amide bonds. The fourth-order valence-corrected chi connectivity index (χ4v) is 4.03. The van der Waals surface area contributed by atoms with Crippen molar-refractivity contribution in [1.82, 2.24) is 9.55 Å². The van der Waals surface area contributed by atoms with Crippen LogP contribution in [0, 0.1) is 5.41 Å². The smallest absolute Gasteiger partial charge is 0.108 e. The van der Waals surface area contributed by atoms with Gasteiger partial charge in [0.1, 0.15) is 5.82 Å². The lowest BCUT2D eigenvalue weighted by Crippen LogP contribution is -2.50. The summed E-state index contributed by atoms with van der Waals surface area (Å²) in [7, 11) is 2.01. The Labute approximate surface area is 108 Å². The zero-order valence-corrected chi connectivity index (χ0v) is 11.8. The maximum Gasteiger partial charge on any atom is 0.108 e. The van der Waals surface area contributed by atoms with Gasteiger partial charge in [-0.25, -0.2) is 4.98 Å². The van der Waals surface area contributed by atoms with Crippen LogP contribution in [0.4, 0.5) is 0 Å². The highest BCUT2D eigenvalue weighted by Crippen LogP contribution is 2.44. The Kier molecular flexibility index (Phi) is 3.55. The van der Waals surface area contributed by atoms with Gasteiger partial charge < -0.3 is 9.67 Å². The molecule has 2 heterocycles. The third-order valence-electron chi connectivity index (χ3n) is 4.16. The van der Waals surface area contributed by atoms with Crippen LogP contribution < -0.4 is 0 Å². The van der Waals surface area contributed by atoms with E-state index >= 15 is 0 Å². The molecular weight excluding hydrogens is 232 g/mol. The van der Waals surface area contributed by atoms with Crippen LogP contribution in [0.5, 0.6) is 0 Å². The largest absolute Gasteiger partial charge is 0.388 e. The van der Waals surface area contributed by atoms with E-state index in [4.69, 9.17) is 0 Å². The lowest BCUT2D eigenvalue weighted by Gasteiger charge is -2.46. The Morgan fingerprint density at radius 1 is 1.53 bits per heavy atom. The van der Waals surface area contributed by atoms with E-state index in [2.05, 4.69) is 18.8 Å². The molecule has 1 N–H and O–H groups in total. The van der Waals surface area contributed by atoms with Gasteiger partial charge in [-0.1, -0.05) is 13.8 Å². The first-order chi connectivity index (χ1) is 7.95. The average Bonchev–Trinajstić information content (AvgIpc) is 2.66. The van der Waals surface area contributed by atoms with Gasteiger partial charge in [-0.3, -0.25) is 0 Å². The molecule has 1 aliphatic heterocycles. The van der Waals surface area contributed by atoms with Crippen molar-refractivity contribution in [1.29, 1.82) is 0 Å². The number of thioether (sulfide) groups is 1. The van der Waals surface area contributed by atoms with Gasteiger partial charge in [-0.2, -0.15) is 11.8 Å². The Bertz CT molecular complexity index is 389. The van der Waals surface area contributed by atoms with Crippen molar-refractivity contribution in [3.63, 3.8) is 0 Å². The molecule has 1 fully saturated rings. The van der Waals surface area contributed by atoms with Gasteiger partial charge in [-0.05, 0) is 24.0 Å². The molecule has 3 nitrogen and oxygen atoms in total. The van der Waals surface area contributed by atoms with Crippen LogP contribution >= 0.6 is 11.8 Å². The molecular formula is C13H22N2OS. The summed E-state index contributed by atoms with van der Waals surface area (Å²) in [4.78, 5) is 4.32. The summed E-state index contributed by atoms with van der Waals surface area (Å²) in [6.45, 7) is 4.37. The van der Waals surface area contributed by atoms with Crippen molar-refractivity contribution in [2.75, 3.05) is 11.5 Å². The number of aryl methyl sites for hydroxylation is 2. The summed E-state index contributed by atoms with van der Waals surface area (Å²) in [5.74, 6) is 3.08. The first kappa shape index (κ1) is 13.0. The summed E-state index contributed by atoms with van der Waals surface area (Å²) in [5.41, 5.74) is -0.536. The predicted molar refractivity (Wildman–Crippen MR) is 72.2 cm³/mol. The second-order valence-corrected chi connectivity index (χ2v) is 6.78. The topological polar surface area (TPSA) is 38.0 Å². The van der Waals surface area contributed by atoms with E-state index < -0.39 is 5.60 Å². The minimum atomic E-state index is -0.554. The standard InChI is InChI=1S/C13H22N2OS/c1-12(2)6-9-17-10-13(12,16)5-4-11-14-7-8-15(11)3/h7-8,16H,4-6,9-10H2,1-3H3. The molecule has 0 aliphatic carbocycles. The summed E-state index contributed by atoms with van der Waals surface area (Å²) < 4.78 is 2.03. The molecule has 1 saturated heterocycles. The van der Waals surface area contributed by atoms with E-state index in [1.165, 1.54) is 0 Å². The van der Waals surface area contributed by atoms with Gasteiger partial charge >= 0.3 is 0 Å². The zero-order valence-electron chi connectivity index (χ0n) is 10.9. The number of imidazole rings is 1. The van der Waals surface area contributed by atoms with Gasteiger partial charge in [0.05, 0.1) is 5.60 Å². The minimum Gasteiger partial charge on any atom is -0.388 e. The lowest BCUT2D eigenvalue weighted by molar-refractivity contribution is -0.0583. The highest BCUT2D eigenvalue weighted by Gasteiger charge is 2.45. The minimum absolute atomic E-state index is 0.0173. The molecule has 2 rings (SSSR count). The summed E-state index contributed by atoms with van der Waals surface area (Å²) in [6.07, 6.45) is 6.52. The number of hydrogen-bond donors (Lipinski definition) is 1. The Morgan fingerprint density at radius 3 is 2.88 bits per heavy atom. The lowest BCUT2D eigenvalue weighted by atomic mass is 9.71. The average molecular weight is 254 g/mol.